The van der Waals surface area contributed by atoms with Crippen LogP contribution < -0.4 is 9.62 Å². The van der Waals surface area contributed by atoms with E-state index in [1.165, 1.54) is 41.3 Å². The monoisotopic (exact) mass is 587 g/mol. The smallest absolute Gasteiger partial charge is 0.264 e. The minimum absolute atomic E-state index is 0.00955. The molecule has 0 radical (unpaired) electrons. The van der Waals surface area contributed by atoms with Crippen LogP contribution in [0.3, 0.4) is 0 Å². The maximum atomic E-state index is 14.1. The Morgan fingerprint density at radius 1 is 0.975 bits per heavy atom. The lowest BCUT2D eigenvalue weighted by Crippen LogP contribution is -2.53. The van der Waals surface area contributed by atoms with Gasteiger partial charge in [0.25, 0.3) is 10.0 Å². The summed E-state index contributed by atoms with van der Waals surface area (Å²) < 4.78 is 42.4. The normalized spacial score (nSPS) is 12.8. The molecule has 0 spiro atoms. The lowest BCUT2D eigenvalue weighted by Gasteiger charge is -2.34. The van der Waals surface area contributed by atoms with Gasteiger partial charge in [-0.3, -0.25) is 13.9 Å². The van der Waals surface area contributed by atoms with E-state index in [1.54, 1.807) is 50.2 Å². The van der Waals surface area contributed by atoms with Crippen LogP contribution in [0.1, 0.15) is 44.7 Å². The van der Waals surface area contributed by atoms with Crippen molar-refractivity contribution in [2.24, 2.45) is 0 Å². The third kappa shape index (κ3) is 7.61. The Balaban J connectivity index is 2.07. The number of hydrogen-bond acceptors (Lipinski definition) is 4. The number of carbonyl (C=O) groups is 2. The zero-order chi connectivity index (χ0) is 29.4. The van der Waals surface area contributed by atoms with Crippen molar-refractivity contribution in [3.8, 4) is 0 Å². The van der Waals surface area contributed by atoms with Crippen molar-refractivity contribution in [1.82, 2.24) is 10.2 Å². The molecular weight excluding hydrogens is 553 g/mol. The Kier molecular flexibility index (Phi) is 10.7. The minimum Gasteiger partial charge on any atom is -0.352 e. The Labute approximate surface area is 241 Å². The standard InChI is InChI=1S/C30H35ClFN3O4S/c1-5-22(4)33-30(37)27(6-2)34(19-23-12-15-25(32)16-13-23)29(36)20-35(28-17-14-24(31)18-21(28)3)40(38,39)26-10-8-7-9-11-26/h7-18,22,27H,5-6,19-20H2,1-4H3,(H,33,37). The molecule has 0 aliphatic rings. The molecule has 2 unspecified atom stereocenters. The second-order valence-corrected chi connectivity index (χ2v) is 11.9. The van der Waals surface area contributed by atoms with Crippen LogP contribution in [0.25, 0.3) is 0 Å². The first-order valence-corrected chi connectivity index (χ1v) is 15.0. The number of halogens is 2. The number of nitrogens with one attached hydrogen (secondary N) is 1. The predicted molar refractivity (Wildman–Crippen MR) is 156 cm³/mol. The number of amides is 2. The molecule has 0 aliphatic heterocycles. The van der Waals surface area contributed by atoms with Crippen LogP contribution in [0.4, 0.5) is 10.1 Å². The summed E-state index contributed by atoms with van der Waals surface area (Å²) in [5.74, 6) is -1.35. The van der Waals surface area contributed by atoms with Gasteiger partial charge in [-0.15, -0.1) is 0 Å². The number of aryl methyl sites for hydroxylation is 1. The van der Waals surface area contributed by atoms with Crippen molar-refractivity contribution < 1.29 is 22.4 Å². The molecule has 214 valence electrons. The highest BCUT2D eigenvalue weighted by Gasteiger charge is 2.34. The number of rotatable bonds is 12. The summed E-state index contributed by atoms with van der Waals surface area (Å²) >= 11 is 6.14. The highest BCUT2D eigenvalue weighted by Crippen LogP contribution is 2.29. The molecule has 3 aromatic rings. The fourth-order valence-corrected chi connectivity index (χ4v) is 6.01. The maximum Gasteiger partial charge on any atom is 0.264 e. The van der Waals surface area contributed by atoms with Crippen molar-refractivity contribution in [3.63, 3.8) is 0 Å². The fraction of sp³-hybridized carbons (Fsp3) is 0.333. The van der Waals surface area contributed by atoms with E-state index in [2.05, 4.69) is 5.32 Å². The molecular formula is C30H35ClFN3O4S. The predicted octanol–water partition coefficient (Wildman–Crippen LogP) is 5.70. The van der Waals surface area contributed by atoms with Gasteiger partial charge in [-0.2, -0.15) is 0 Å². The summed E-state index contributed by atoms with van der Waals surface area (Å²) in [5.41, 5.74) is 1.46. The lowest BCUT2D eigenvalue weighted by molar-refractivity contribution is -0.140. The molecule has 1 N–H and O–H groups in total. The van der Waals surface area contributed by atoms with E-state index < -0.39 is 34.3 Å². The molecule has 0 saturated carbocycles. The lowest BCUT2D eigenvalue weighted by atomic mass is 10.1. The van der Waals surface area contributed by atoms with Crippen molar-refractivity contribution in [2.75, 3.05) is 10.8 Å². The van der Waals surface area contributed by atoms with Crippen LogP contribution >= 0.6 is 11.6 Å². The topological polar surface area (TPSA) is 86.8 Å². The van der Waals surface area contributed by atoms with E-state index in [0.717, 1.165) is 4.31 Å². The first-order chi connectivity index (χ1) is 19.0. The Morgan fingerprint density at radius 2 is 1.62 bits per heavy atom. The third-order valence-corrected chi connectivity index (χ3v) is 8.70. The molecule has 2 atom stereocenters. The van der Waals surface area contributed by atoms with E-state index >= 15 is 0 Å². The van der Waals surface area contributed by atoms with Gasteiger partial charge < -0.3 is 10.2 Å². The molecule has 3 rings (SSSR count). The number of nitrogens with zero attached hydrogens (tertiary/aromatic N) is 2. The van der Waals surface area contributed by atoms with Crippen molar-refractivity contribution in [2.45, 2.75) is 64.1 Å². The van der Waals surface area contributed by atoms with Gasteiger partial charge in [-0.1, -0.05) is 55.8 Å². The van der Waals surface area contributed by atoms with E-state index in [4.69, 9.17) is 11.6 Å². The summed E-state index contributed by atoms with van der Waals surface area (Å²) in [6.45, 7) is 6.73. The first-order valence-electron chi connectivity index (χ1n) is 13.2. The zero-order valence-corrected chi connectivity index (χ0v) is 24.7. The van der Waals surface area contributed by atoms with Gasteiger partial charge in [0.15, 0.2) is 0 Å². The molecule has 0 aliphatic carbocycles. The fourth-order valence-electron chi connectivity index (χ4n) is 4.28. The van der Waals surface area contributed by atoms with Crippen LogP contribution in [0.5, 0.6) is 0 Å². The van der Waals surface area contributed by atoms with E-state index in [9.17, 15) is 22.4 Å². The molecule has 40 heavy (non-hydrogen) atoms. The molecule has 2 amide bonds. The van der Waals surface area contributed by atoms with Crippen LogP contribution in [0.2, 0.25) is 5.02 Å². The molecule has 10 heteroatoms. The molecule has 0 heterocycles. The second kappa shape index (κ2) is 13.8. The van der Waals surface area contributed by atoms with Gasteiger partial charge >= 0.3 is 0 Å². The van der Waals surface area contributed by atoms with Gasteiger partial charge in [-0.25, -0.2) is 12.8 Å². The van der Waals surface area contributed by atoms with Gasteiger partial charge in [0.2, 0.25) is 11.8 Å². The Hall–Kier alpha value is -3.43. The highest BCUT2D eigenvalue weighted by atomic mass is 35.5. The number of carbonyl (C=O) groups excluding carboxylic acids is 2. The number of benzene rings is 3. The summed E-state index contributed by atoms with van der Waals surface area (Å²) in [6.07, 6.45) is 0.994. The van der Waals surface area contributed by atoms with Crippen LogP contribution in [-0.4, -0.2) is 43.8 Å². The highest BCUT2D eigenvalue weighted by molar-refractivity contribution is 7.92. The van der Waals surface area contributed by atoms with Crippen LogP contribution in [0, 0.1) is 12.7 Å². The molecule has 0 bridgehead atoms. The first kappa shape index (κ1) is 31.1. The van der Waals surface area contributed by atoms with Gasteiger partial charge in [-0.05, 0) is 80.3 Å². The van der Waals surface area contributed by atoms with Crippen LogP contribution in [-0.2, 0) is 26.2 Å². The average Bonchev–Trinajstić information content (AvgIpc) is 2.93. The minimum atomic E-state index is -4.18. The summed E-state index contributed by atoms with van der Waals surface area (Å²) in [4.78, 5) is 28.7. The van der Waals surface area contributed by atoms with Crippen molar-refractivity contribution in [3.05, 3.63) is 94.8 Å². The molecule has 7 nitrogen and oxygen atoms in total. The molecule has 3 aromatic carbocycles. The van der Waals surface area contributed by atoms with Crippen molar-refractivity contribution in [1.29, 1.82) is 0 Å². The molecule has 0 saturated heterocycles. The molecule has 0 aromatic heterocycles. The van der Waals surface area contributed by atoms with Gasteiger partial charge in [0.05, 0.1) is 10.6 Å². The summed E-state index contributed by atoms with van der Waals surface area (Å²) in [6, 6.07) is 17.2. The number of sulfonamides is 1. The SMILES string of the molecule is CCC(C)NC(=O)C(CC)N(Cc1ccc(F)cc1)C(=O)CN(c1ccc(Cl)cc1C)S(=O)(=O)c1ccccc1. The summed E-state index contributed by atoms with van der Waals surface area (Å²) in [5, 5.41) is 3.35. The maximum absolute atomic E-state index is 14.1. The van der Waals surface area contributed by atoms with Crippen molar-refractivity contribution >= 4 is 39.1 Å². The Bertz CT molecular complexity index is 1420. The summed E-state index contributed by atoms with van der Waals surface area (Å²) in [7, 11) is -4.18. The van der Waals surface area contributed by atoms with E-state index in [-0.39, 0.29) is 23.4 Å². The average molecular weight is 588 g/mol. The zero-order valence-electron chi connectivity index (χ0n) is 23.1. The number of anilines is 1. The van der Waals surface area contributed by atoms with Crippen LogP contribution in [0.15, 0.2) is 77.7 Å². The van der Waals surface area contributed by atoms with Gasteiger partial charge in [0.1, 0.15) is 18.4 Å². The molecule has 0 fully saturated rings. The largest absolute Gasteiger partial charge is 0.352 e. The van der Waals surface area contributed by atoms with E-state index in [1.807, 2.05) is 13.8 Å². The van der Waals surface area contributed by atoms with Gasteiger partial charge in [0, 0.05) is 17.6 Å². The van der Waals surface area contributed by atoms with E-state index in [0.29, 0.717) is 34.7 Å². The Morgan fingerprint density at radius 3 is 2.20 bits per heavy atom. The quantitative estimate of drug-likeness (QED) is 0.294. The third-order valence-electron chi connectivity index (χ3n) is 6.69. The second-order valence-electron chi connectivity index (χ2n) is 9.65. The number of hydrogen-bond donors (Lipinski definition) is 1.